The third kappa shape index (κ3) is 4.70. The lowest BCUT2D eigenvalue weighted by Gasteiger charge is -2.18. The molecule has 0 bridgehead atoms. The van der Waals surface area contributed by atoms with Gasteiger partial charge in [-0.1, -0.05) is 36.7 Å². The summed E-state index contributed by atoms with van der Waals surface area (Å²) in [5.74, 6) is 2.19. The molecule has 5 rings (SSSR count). The van der Waals surface area contributed by atoms with Crippen molar-refractivity contribution in [3.63, 3.8) is 0 Å². The summed E-state index contributed by atoms with van der Waals surface area (Å²) in [4.78, 5) is 18.4. The molecule has 0 N–H and O–H groups in total. The summed E-state index contributed by atoms with van der Waals surface area (Å²) in [5, 5.41) is 6.17. The molecule has 0 saturated heterocycles. The van der Waals surface area contributed by atoms with Crippen LogP contribution in [-0.2, 0) is 0 Å². The number of halogens is 1. The Morgan fingerprint density at radius 3 is 2.61 bits per heavy atom. The van der Waals surface area contributed by atoms with Crippen molar-refractivity contribution in [3.05, 3.63) is 81.6 Å². The molecule has 8 nitrogen and oxygen atoms in total. The molecule has 0 radical (unpaired) electrons. The first-order valence-corrected chi connectivity index (χ1v) is 12.5. The van der Waals surface area contributed by atoms with Gasteiger partial charge in [-0.3, -0.25) is 4.79 Å². The molecule has 0 aliphatic heterocycles. The van der Waals surface area contributed by atoms with Gasteiger partial charge in [-0.25, -0.2) is 4.98 Å². The fourth-order valence-electron chi connectivity index (χ4n) is 4.08. The van der Waals surface area contributed by atoms with Gasteiger partial charge >= 0.3 is 0 Å². The highest BCUT2D eigenvalue weighted by atomic mass is 35.5. The van der Waals surface area contributed by atoms with E-state index in [1.807, 2.05) is 38.1 Å². The van der Waals surface area contributed by atoms with Crippen LogP contribution in [0.5, 0.6) is 17.2 Å². The molecule has 2 heterocycles. The maximum Gasteiger partial charge on any atom is 0.282 e. The van der Waals surface area contributed by atoms with Gasteiger partial charge in [0.15, 0.2) is 17.3 Å². The first-order valence-electron chi connectivity index (χ1n) is 12.1. The van der Waals surface area contributed by atoms with Crippen LogP contribution < -0.4 is 19.8 Å². The molecule has 0 fully saturated rings. The number of aromatic nitrogens is 2. The highest BCUT2D eigenvalue weighted by Gasteiger charge is 2.19. The minimum atomic E-state index is -0.354. The van der Waals surface area contributed by atoms with Crippen molar-refractivity contribution in [1.82, 2.24) is 9.66 Å². The largest absolute Gasteiger partial charge is 0.496 e. The molecule has 194 valence electrons. The second-order valence-electron chi connectivity index (χ2n) is 8.66. The van der Waals surface area contributed by atoms with Gasteiger partial charge in [0.05, 0.1) is 42.8 Å². The molecule has 5 aromatic rings. The molecule has 0 aliphatic rings. The monoisotopic (exact) mass is 531 g/mol. The van der Waals surface area contributed by atoms with E-state index >= 15 is 0 Å². The Labute approximate surface area is 224 Å². The molecule has 0 spiro atoms. The Balaban J connectivity index is 1.72. The first-order chi connectivity index (χ1) is 18.4. The second-order valence-corrected chi connectivity index (χ2v) is 9.10. The number of benzene rings is 3. The molecular formula is C29H26ClN3O5. The molecule has 9 heteroatoms. The zero-order chi connectivity index (χ0) is 26.8. The van der Waals surface area contributed by atoms with E-state index in [1.165, 1.54) is 10.9 Å². The number of nitrogens with zero attached hydrogens (tertiary/aromatic N) is 3. The van der Waals surface area contributed by atoms with Gasteiger partial charge in [-0.15, -0.1) is 0 Å². The minimum absolute atomic E-state index is 0.0802. The number of hydrogen-bond acceptors (Lipinski definition) is 7. The van der Waals surface area contributed by atoms with Gasteiger partial charge in [0, 0.05) is 16.7 Å². The Morgan fingerprint density at radius 1 is 1.05 bits per heavy atom. The molecule has 0 saturated carbocycles. The molecular weight excluding hydrogens is 506 g/mol. The summed E-state index contributed by atoms with van der Waals surface area (Å²) < 4.78 is 24.4. The van der Waals surface area contributed by atoms with Crippen molar-refractivity contribution < 1.29 is 18.6 Å². The molecule has 38 heavy (non-hydrogen) atoms. The van der Waals surface area contributed by atoms with Crippen LogP contribution in [0.2, 0.25) is 5.02 Å². The van der Waals surface area contributed by atoms with Crippen molar-refractivity contribution >= 4 is 39.7 Å². The smallest absolute Gasteiger partial charge is 0.282 e. The molecule has 0 amide bonds. The lowest BCUT2D eigenvalue weighted by atomic mass is 10.2. The summed E-state index contributed by atoms with van der Waals surface area (Å²) in [5.41, 5.74) is 1.32. The lowest BCUT2D eigenvalue weighted by molar-refractivity contribution is 0.207. The molecule has 0 unspecified atom stereocenters. The zero-order valence-electron chi connectivity index (χ0n) is 21.4. The summed E-state index contributed by atoms with van der Waals surface area (Å²) >= 11 is 6.36. The Bertz CT molecular complexity index is 1720. The minimum Gasteiger partial charge on any atom is -0.496 e. The quantitative estimate of drug-likeness (QED) is 0.211. The van der Waals surface area contributed by atoms with E-state index in [4.69, 9.17) is 35.2 Å². The Hall–Kier alpha value is -4.30. The second kappa shape index (κ2) is 10.6. The number of fused-ring (bicyclic) bond motifs is 2. The number of rotatable bonds is 8. The van der Waals surface area contributed by atoms with E-state index in [0.29, 0.717) is 50.1 Å². The van der Waals surface area contributed by atoms with Gasteiger partial charge in [-0.05, 0) is 49.7 Å². The maximum absolute atomic E-state index is 13.6. The summed E-state index contributed by atoms with van der Waals surface area (Å²) in [7, 11) is 3.13. The number of furan rings is 1. The van der Waals surface area contributed by atoms with Crippen LogP contribution in [0.25, 0.3) is 33.5 Å². The Morgan fingerprint density at radius 2 is 1.84 bits per heavy atom. The van der Waals surface area contributed by atoms with Crippen LogP contribution in [0.3, 0.4) is 0 Å². The van der Waals surface area contributed by atoms with Crippen molar-refractivity contribution in [2.45, 2.75) is 26.4 Å². The average molecular weight is 532 g/mol. The van der Waals surface area contributed by atoms with Crippen molar-refractivity contribution in [1.29, 1.82) is 0 Å². The third-order valence-corrected chi connectivity index (χ3v) is 6.41. The van der Waals surface area contributed by atoms with E-state index < -0.39 is 0 Å². The molecule has 2 aromatic heterocycles. The standard InChI is InChI=1S/C29H26ClN3O5/c1-5-17(2)37-27-18(13-19(30)14-25(27)36-4)16-31-33-28(32-22-10-7-6-9-20(22)29(33)34)26-15-21-23(35-3)11-8-12-24(21)38-26/h6-17H,5H2,1-4H3/t17-/m0/s1. The van der Waals surface area contributed by atoms with Crippen LogP contribution in [0.4, 0.5) is 0 Å². The summed E-state index contributed by atoms with van der Waals surface area (Å²) in [6.07, 6.45) is 2.22. The van der Waals surface area contributed by atoms with Crippen LogP contribution >= 0.6 is 11.6 Å². The van der Waals surface area contributed by atoms with Gasteiger partial charge in [-0.2, -0.15) is 9.78 Å². The zero-order valence-corrected chi connectivity index (χ0v) is 22.2. The van der Waals surface area contributed by atoms with Crippen molar-refractivity contribution in [2.24, 2.45) is 5.10 Å². The highest BCUT2D eigenvalue weighted by molar-refractivity contribution is 6.31. The highest BCUT2D eigenvalue weighted by Crippen LogP contribution is 2.36. The SMILES string of the molecule is CC[C@H](C)Oc1c(C=Nn2c(-c3cc4c(OC)cccc4o3)nc3ccccc3c2=O)cc(Cl)cc1OC. The Kier molecular flexibility index (Phi) is 7.07. The topological polar surface area (TPSA) is 88.1 Å². The van der Waals surface area contributed by atoms with Gasteiger partial charge in [0.2, 0.25) is 5.82 Å². The van der Waals surface area contributed by atoms with Crippen LogP contribution in [0, 0.1) is 0 Å². The number of hydrogen-bond donors (Lipinski definition) is 0. The van der Waals surface area contributed by atoms with E-state index in [1.54, 1.807) is 50.6 Å². The maximum atomic E-state index is 13.6. The third-order valence-electron chi connectivity index (χ3n) is 6.19. The van der Waals surface area contributed by atoms with Crippen molar-refractivity contribution in [3.8, 4) is 28.8 Å². The lowest BCUT2D eigenvalue weighted by Crippen LogP contribution is -2.20. The summed E-state index contributed by atoms with van der Waals surface area (Å²) in [6.45, 7) is 3.98. The van der Waals surface area contributed by atoms with Crippen LogP contribution in [-0.4, -0.2) is 36.2 Å². The first kappa shape index (κ1) is 25.4. The van der Waals surface area contributed by atoms with Crippen LogP contribution in [0.1, 0.15) is 25.8 Å². The van der Waals surface area contributed by atoms with E-state index in [-0.39, 0.29) is 17.5 Å². The van der Waals surface area contributed by atoms with Gasteiger partial charge in [0.25, 0.3) is 5.56 Å². The predicted molar refractivity (Wildman–Crippen MR) is 149 cm³/mol. The molecule has 0 aliphatic carbocycles. The summed E-state index contributed by atoms with van der Waals surface area (Å²) in [6, 6.07) is 17.8. The molecule has 3 aromatic carbocycles. The fourth-order valence-corrected chi connectivity index (χ4v) is 4.30. The molecule has 1 atom stereocenters. The fraction of sp³-hybridized carbons (Fsp3) is 0.207. The van der Waals surface area contributed by atoms with Crippen molar-refractivity contribution in [2.75, 3.05) is 14.2 Å². The van der Waals surface area contributed by atoms with E-state index in [2.05, 4.69) is 5.10 Å². The number of ether oxygens (including phenoxy) is 3. The van der Waals surface area contributed by atoms with E-state index in [0.717, 1.165) is 11.8 Å². The van der Waals surface area contributed by atoms with Gasteiger partial charge in [0.1, 0.15) is 11.3 Å². The van der Waals surface area contributed by atoms with Gasteiger partial charge < -0.3 is 18.6 Å². The average Bonchev–Trinajstić information content (AvgIpc) is 3.37. The number of para-hydroxylation sites is 1. The van der Waals surface area contributed by atoms with Crippen LogP contribution in [0.15, 0.2) is 75.0 Å². The predicted octanol–water partition coefficient (Wildman–Crippen LogP) is 6.54. The van der Waals surface area contributed by atoms with E-state index in [9.17, 15) is 4.79 Å². The number of methoxy groups -OCH3 is 2. The normalized spacial score (nSPS) is 12.3.